The maximum Gasteiger partial charge on any atom is 0.233 e. The van der Waals surface area contributed by atoms with Crippen molar-refractivity contribution in [3.8, 4) is 0 Å². The van der Waals surface area contributed by atoms with Gasteiger partial charge in [0.25, 0.3) is 0 Å². The van der Waals surface area contributed by atoms with Gasteiger partial charge in [0, 0.05) is 49.9 Å². The van der Waals surface area contributed by atoms with Gasteiger partial charge in [0.05, 0.1) is 5.75 Å². The van der Waals surface area contributed by atoms with E-state index >= 15 is 0 Å². The van der Waals surface area contributed by atoms with Crippen LogP contribution in [0.5, 0.6) is 0 Å². The van der Waals surface area contributed by atoms with Crippen molar-refractivity contribution < 1.29 is 9.18 Å². The molecule has 0 aliphatic carbocycles. The zero-order chi connectivity index (χ0) is 20.1. The smallest absolute Gasteiger partial charge is 0.233 e. The number of aromatic nitrogens is 3. The Hall–Kier alpha value is -1.90. The monoisotopic (exact) mass is 423 g/mol. The summed E-state index contributed by atoms with van der Waals surface area (Å²) in [5.74, 6) is 0.894. The fraction of sp³-hybridized carbons (Fsp3) is 0.421. The fourth-order valence-corrected chi connectivity index (χ4v) is 4.21. The minimum Gasteiger partial charge on any atom is -0.339 e. The Balaban J connectivity index is 1.49. The molecule has 2 heterocycles. The van der Waals surface area contributed by atoms with E-state index in [-0.39, 0.29) is 11.7 Å². The molecule has 0 radical (unpaired) electrons. The van der Waals surface area contributed by atoms with E-state index in [1.165, 1.54) is 17.8 Å². The third-order valence-electron chi connectivity index (χ3n) is 4.71. The van der Waals surface area contributed by atoms with Gasteiger partial charge in [0.2, 0.25) is 5.91 Å². The molecule has 0 bridgehead atoms. The number of hydrogen-bond acceptors (Lipinski definition) is 5. The summed E-state index contributed by atoms with van der Waals surface area (Å²) in [6.45, 7) is 9.29. The maximum absolute atomic E-state index is 14.0. The number of rotatable bonds is 7. The third-order valence-corrected chi connectivity index (χ3v) is 6.01. The van der Waals surface area contributed by atoms with Gasteiger partial charge in [-0.05, 0) is 19.1 Å². The van der Waals surface area contributed by atoms with Crippen molar-refractivity contribution in [1.29, 1.82) is 0 Å². The molecule has 1 amide bonds. The van der Waals surface area contributed by atoms with Crippen molar-refractivity contribution in [3.63, 3.8) is 0 Å². The normalized spacial score (nSPS) is 15.0. The van der Waals surface area contributed by atoms with Gasteiger partial charge < -0.3 is 9.47 Å². The molecule has 1 aliphatic rings. The molecule has 1 fully saturated rings. The van der Waals surface area contributed by atoms with Crippen LogP contribution in [-0.2, 0) is 17.9 Å². The van der Waals surface area contributed by atoms with E-state index in [2.05, 4.69) is 21.7 Å². The molecule has 6 nitrogen and oxygen atoms in total. The van der Waals surface area contributed by atoms with Crippen molar-refractivity contribution in [1.82, 2.24) is 24.6 Å². The molecule has 0 atom stereocenters. The number of amides is 1. The highest BCUT2D eigenvalue weighted by Crippen LogP contribution is 2.22. The molecule has 0 spiro atoms. The Morgan fingerprint density at radius 3 is 2.75 bits per heavy atom. The highest BCUT2D eigenvalue weighted by molar-refractivity contribution is 7.99. The van der Waals surface area contributed by atoms with E-state index in [1.54, 1.807) is 18.2 Å². The number of carbonyl (C=O) groups excluding carboxylic acids is 1. The van der Waals surface area contributed by atoms with Crippen LogP contribution < -0.4 is 0 Å². The van der Waals surface area contributed by atoms with Crippen molar-refractivity contribution >= 4 is 29.3 Å². The Bertz CT molecular complexity index is 831. The molecular weight excluding hydrogens is 401 g/mol. The summed E-state index contributed by atoms with van der Waals surface area (Å²) in [5.41, 5.74) is 0.511. The summed E-state index contributed by atoms with van der Waals surface area (Å²) >= 11 is 7.50. The number of nitrogens with zero attached hydrogens (tertiary/aromatic N) is 5. The van der Waals surface area contributed by atoms with Gasteiger partial charge in [-0.2, -0.15) is 0 Å². The van der Waals surface area contributed by atoms with Gasteiger partial charge in [0.15, 0.2) is 5.16 Å². The number of piperazine rings is 1. The van der Waals surface area contributed by atoms with Crippen LogP contribution in [0.3, 0.4) is 0 Å². The molecular formula is C19H23ClFN5OS. The fourth-order valence-electron chi connectivity index (χ4n) is 3.09. The van der Waals surface area contributed by atoms with Gasteiger partial charge in [-0.1, -0.05) is 35.5 Å². The van der Waals surface area contributed by atoms with Crippen molar-refractivity contribution in [3.05, 3.63) is 53.1 Å². The topological polar surface area (TPSA) is 54.3 Å². The van der Waals surface area contributed by atoms with Crippen molar-refractivity contribution in [2.45, 2.75) is 25.2 Å². The second-order valence-corrected chi connectivity index (χ2v) is 7.92. The minimum absolute atomic E-state index is 0.0689. The summed E-state index contributed by atoms with van der Waals surface area (Å²) < 4.78 is 15.9. The van der Waals surface area contributed by atoms with Crippen molar-refractivity contribution in [2.75, 3.05) is 31.9 Å². The molecule has 1 saturated heterocycles. The number of halogens is 2. The zero-order valence-corrected chi connectivity index (χ0v) is 17.3. The van der Waals surface area contributed by atoms with Crippen LogP contribution in [0.25, 0.3) is 0 Å². The number of benzene rings is 1. The Morgan fingerprint density at radius 2 is 2.07 bits per heavy atom. The second kappa shape index (κ2) is 9.54. The predicted molar refractivity (Wildman–Crippen MR) is 109 cm³/mol. The van der Waals surface area contributed by atoms with Crippen LogP contribution >= 0.6 is 23.4 Å². The van der Waals surface area contributed by atoms with Gasteiger partial charge in [-0.15, -0.1) is 16.8 Å². The number of hydrogen-bond donors (Lipinski definition) is 0. The molecule has 1 aromatic carbocycles. The molecule has 0 unspecified atom stereocenters. The van der Waals surface area contributed by atoms with Crippen LogP contribution in [0.2, 0.25) is 5.02 Å². The summed E-state index contributed by atoms with van der Waals surface area (Å²) in [6.07, 6.45) is 1.78. The summed E-state index contributed by atoms with van der Waals surface area (Å²) in [7, 11) is 0. The van der Waals surface area contributed by atoms with Crippen LogP contribution in [0.4, 0.5) is 4.39 Å². The molecule has 1 aromatic heterocycles. The molecule has 28 heavy (non-hydrogen) atoms. The summed E-state index contributed by atoms with van der Waals surface area (Å²) in [6, 6.07) is 4.72. The molecule has 0 N–H and O–H groups in total. The molecule has 9 heteroatoms. The Labute approximate surface area is 173 Å². The molecule has 3 rings (SSSR count). The third kappa shape index (κ3) is 4.92. The SMILES string of the molecule is C=CCn1c(C)nnc1SCC(=O)N1CCN(Cc2c(F)cccc2Cl)CC1. The van der Waals surface area contributed by atoms with Gasteiger partial charge in [0.1, 0.15) is 11.6 Å². The first-order valence-corrected chi connectivity index (χ1v) is 10.4. The minimum atomic E-state index is -0.290. The largest absolute Gasteiger partial charge is 0.339 e. The standard InChI is InChI=1S/C19H23ClFN5OS/c1-3-7-26-14(2)22-23-19(26)28-13-18(27)25-10-8-24(9-11-25)12-15-16(20)5-4-6-17(15)21/h3-6H,1,7-13H2,2H3. The molecule has 150 valence electrons. The van der Waals surface area contributed by atoms with E-state index < -0.39 is 0 Å². The average molecular weight is 424 g/mol. The van der Waals surface area contributed by atoms with E-state index in [4.69, 9.17) is 11.6 Å². The van der Waals surface area contributed by atoms with Gasteiger partial charge in [-0.25, -0.2) is 4.39 Å². The van der Waals surface area contributed by atoms with E-state index in [9.17, 15) is 9.18 Å². The van der Waals surface area contributed by atoms with Crippen LogP contribution in [0, 0.1) is 12.7 Å². The second-order valence-electron chi connectivity index (χ2n) is 6.57. The Morgan fingerprint density at radius 1 is 1.32 bits per heavy atom. The number of aryl methyl sites for hydroxylation is 1. The van der Waals surface area contributed by atoms with Gasteiger partial charge in [-0.3, -0.25) is 9.69 Å². The Kier molecular flexibility index (Phi) is 7.09. The van der Waals surface area contributed by atoms with Crippen molar-refractivity contribution in [2.24, 2.45) is 0 Å². The summed E-state index contributed by atoms with van der Waals surface area (Å²) in [5, 5.41) is 9.35. The first-order valence-electron chi connectivity index (χ1n) is 9.06. The van der Waals surface area contributed by atoms with Gasteiger partial charge >= 0.3 is 0 Å². The molecule has 2 aromatic rings. The molecule has 0 saturated carbocycles. The zero-order valence-electron chi connectivity index (χ0n) is 15.8. The van der Waals surface area contributed by atoms with E-state index in [0.717, 1.165) is 11.0 Å². The number of thioether (sulfide) groups is 1. The lowest BCUT2D eigenvalue weighted by atomic mass is 10.2. The lowest BCUT2D eigenvalue weighted by Gasteiger charge is -2.34. The summed E-state index contributed by atoms with van der Waals surface area (Å²) in [4.78, 5) is 16.5. The highest BCUT2D eigenvalue weighted by Gasteiger charge is 2.23. The lowest BCUT2D eigenvalue weighted by molar-refractivity contribution is -0.130. The van der Waals surface area contributed by atoms with Crippen LogP contribution in [0.1, 0.15) is 11.4 Å². The number of allylic oxidation sites excluding steroid dienone is 1. The average Bonchev–Trinajstić information content (AvgIpc) is 3.03. The highest BCUT2D eigenvalue weighted by atomic mass is 35.5. The first kappa shape index (κ1) is 20.8. The van der Waals surface area contributed by atoms with E-state index in [0.29, 0.717) is 55.6 Å². The van der Waals surface area contributed by atoms with Crippen LogP contribution in [0.15, 0.2) is 36.0 Å². The first-order chi connectivity index (χ1) is 13.5. The van der Waals surface area contributed by atoms with E-state index in [1.807, 2.05) is 16.4 Å². The lowest BCUT2D eigenvalue weighted by Crippen LogP contribution is -2.48. The van der Waals surface area contributed by atoms with Crippen LogP contribution in [-0.4, -0.2) is 62.4 Å². The predicted octanol–water partition coefficient (Wildman–Crippen LogP) is 3.00. The quantitative estimate of drug-likeness (QED) is 0.506. The molecule has 1 aliphatic heterocycles. The number of carbonyl (C=O) groups is 1. The maximum atomic E-state index is 14.0.